The highest BCUT2D eigenvalue weighted by Crippen LogP contribution is 2.40. The van der Waals surface area contributed by atoms with Gasteiger partial charge in [-0.05, 0) is 47.9 Å². The van der Waals surface area contributed by atoms with Crippen molar-refractivity contribution in [3.05, 3.63) is 108 Å². The van der Waals surface area contributed by atoms with Crippen molar-refractivity contribution in [2.45, 2.75) is 38.0 Å². The van der Waals surface area contributed by atoms with Gasteiger partial charge >= 0.3 is 6.09 Å². The lowest BCUT2D eigenvalue weighted by molar-refractivity contribution is -0.0674. The molecule has 1 aromatic heterocycles. The number of cyclic esters (lactones) is 1. The van der Waals surface area contributed by atoms with Gasteiger partial charge in [-0.25, -0.2) is 22.9 Å². The first-order chi connectivity index (χ1) is 18.3. The van der Waals surface area contributed by atoms with Crippen LogP contribution >= 0.6 is 0 Å². The van der Waals surface area contributed by atoms with Gasteiger partial charge in [0.15, 0.2) is 5.95 Å². The summed E-state index contributed by atoms with van der Waals surface area (Å²) >= 11 is 0. The first-order valence-electron chi connectivity index (χ1n) is 12.3. The molecule has 0 spiro atoms. The third kappa shape index (κ3) is 4.96. The molecule has 5 rings (SSSR count). The lowest BCUT2D eigenvalue weighted by Gasteiger charge is -2.43. The van der Waals surface area contributed by atoms with Crippen LogP contribution in [-0.4, -0.2) is 27.1 Å². The molecule has 0 radical (unpaired) electrons. The van der Waals surface area contributed by atoms with Crippen LogP contribution < -0.4 is 5.73 Å². The monoisotopic (exact) mass is 520 g/mol. The molecule has 3 aromatic carbocycles. The predicted molar refractivity (Wildman–Crippen MR) is 137 cm³/mol. The van der Waals surface area contributed by atoms with Gasteiger partial charge in [-0.3, -0.25) is 0 Å². The van der Waals surface area contributed by atoms with E-state index in [2.05, 4.69) is 4.98 Å². The molecule has 1 aliphatic rings. The number of hydrogen-bond acceptors (Lipinski definition) is 4. The van der Waals surface area contributed by atoms with Gasteiger partial charge in [-0.15, -0.1) is 0 Å². The van der Waals surface area contributed by atoms with E-state index in [-0.39, 0.29) is 11.9 Å². The van der Waals surface area contributed by atoms with Gasteiger partial charge in [-0.2, -0.15) is 0 Å². The zero-order chi connectivity index (χ0) is 26.9. The molecule has 2 N–H and O–H groups in total. The number of nitrogen functional groups attached to an aromatic ring is 1. The fourth-order valence-corrected chi connectivity index (χ4v) is 4.97. The number of imidazole rings is 1. The first-order valence-corrected chi connectivity index (χ1v) is 12.3. The summed E-state index contributed by atoms with van der Waals surface area (Å²) < 4.78 is 49.0. The zero-order valence-corrected chi connectivity index (χ0v) is 20.8. The lowest BCUT2D eigenvalue weighted by Crippen LogP contribution is -2.49. The van der Waals surface area contributed by atoms with Crippen LogP contribution in [0.2, 0.25) is 0 Å². The Kier molecular flexibility index (Phi) is 6.84. The maximum absolute atomic E-state index is 14.2. The molecule has 2 atom stereocenters. The Bertz CT molecular complexity index is 1440. The molecule has 1 fully saturated rings. The van der Waals surface area contributed by atoms with E-state index in [1.807, 2.05) is 19.1 Å². The van der Waals surface area contributed by atoms with Crippen molar-refractivity contribution in [1.29, 1.82) is 0 Å². The number of ether oxygens (including phenoxy) is 1. The molecule has 1 aliphatic heterocycles. The number of hydrogen-bond donors (Lipinski definition) is 1. The van der Waals surface area contributed by atoms with Crippen molar-refractivity contribution in [2.24, 2.45) is 0 Å². The molecule has 2 unspecified atom stereocenters. The van der Waals surface area contributed by atoms with Crippen LogP contribution in [0.15, 0.2) is 79.1 Å². The second-order valence-corrected chi connectivity index (χ2v) is 9.46. The summed E-state index contributed by atoms with van der Waals surface area (Å²) in [7, 11) is 0. The third-order valence-corrected chi connectivity index (χ3v) is 7.25. The van der Waals surface area contributed by atoms with Crippen LogP contribution in [0.25, 0.3) is 11.1 Å². The van der Waals surface area contributed by atoms with Crippen LogP contribution in [-0.2, 0) is 16.9 Å². The molecule has 9 heteroatoms. The smallest absolute Gasteiger partial charge is 0.411 e. The van der Waals surface area contributed by atoms with E-state index >= 15 is 0 Å². The molecule has 2 heterocycles. The number of nitrogens with zero attached hydrogens (tertiary/aromatic N) is 3. The standard InChI is InChI=1S/C29H27F3N4O2/c1-19(20-2-4-21(5-3-20)25-11-10-24(31)18-26(25)32)36-16-13-29(38-28(36)37,22-6-8-23(30)9-7-22)12-15-35-17-14-34-27(35)33/h2-11,14,17-19H,12-13,15-16H2,1H3,(H2,33,34). The Morgan fingerprint density at radius 1 is 1.03 bits per heavy atom. The van der Waals surface area contributed by atoms with Crippen molar-refractivity contribution in [3.8, 4) is 11.1 Å². The minimum atomic E-state index is -0.957. The number of carbonyl (C=O) groups excluding carboxylic acids is 1. The first kappa shape index (κ1) is 25.4. The number of amides is 1. The van der Waals surface area contributed by atoms with Crippen LogP contribution in [0, 0.1) is 17.5 Å². The van der Waals surface area contributed by atoms with Crippen molar-refractivity contribution < 1.29 is 22.7 Å². The highest BCUT2D eigenvalue weighted by Gasteiger charge is 2.43. The fraction of sp³-hybridized carbons (Fsp3) is 0.241. The number of anilines is 1. The van der Waals surface area contributed by atoms with E-state index in [4.69, 9.17) is 10.5 Å². The molecule has 4 aromatic rings. The number of nitrogens with two attached hydrogens (primary N) is 1. The Hall–Kier alpha value is -4.27. The van der Waals surface area contributed by atoms with Crippen LogP contribution in [0.5, 0.6) is 0 Å². The van der Waals surface area contributed by atoms with Gasteiger partial charge in [0.2, 0.25) is 0 Å². The number of benzene rings is 3. The molecule has 0 saturated carbocycles. The molecular weight excluding hydrogens is 493 g/mol. The summed E-state index contributed by atoms with van der Waals surface area (Å²) in [5.74, 6) is -1.28. The van der Waals surface area contributed by atoms with E-state index in [1.165, 1.54) is 24.3 Å². The second-order valence-electron chi connectivity index (χ2n) is 9.46. The summed E-state index contributed by atoms with van der Waals surface area (Å²) in [5, 5.41) is 0. The predicted octanol–water partition coefficient (Wildman–Crippen LogP) is 6.44. The largest absolute Gasteiger partial charge is 0.438 e. The van der Waals surface area contributed by atoms with E-state index in [1.54, 1.807) is 46.1 Å². The zero-order valence-electron chi connectivity index (χ0n) is 20.8. The van der Waals surface area contributed by atoms with E-state index < -0.39 is 23.3 Å². The summed E-state index contributed by atoms with van der Waals surface area (Å²) in [6, 6.07) is 16.3. The van der Waals surface area contributed by atoms with Gasteiger partial charge < -0.3 is 19.9 Å². The molecule has 0 bridgehead atoms. The molecule has 6 nitrogen and oxygen atoms in total. The van der Waals surface area contributed by atoms with Crippen LogP contribution in [0.3, 0.4) is 0 Å². The normalized spacial score (nSPS) is 18.3. The van der Waals surface area contributed by atoms with Gasteiger partial charge in [-0.1, -0.05) is 36.4 Å². The van der Waals surface area contributed by atoms with E-state index in [0.717, 1.165) is 11.6 Å². The molecule has 1 amide bonds. The maximum atomic E-state index is 14.2. The fourth-order valence-electron chi connectivity index (χ4n) is 4.97. The number of aromatic nitrogens is 2. The average molecular weight is 521 g/mol. The Morgan fingerprint density at radius 3 is 2.37 bits per heavy atom. The molecule has 196 valence electrons. The summed E-state index contributed by atoms with van der Waals surface area (Å²) in [6.07, 6.45) is 3.80. The topological polar surface area (TPSA) is 73.4 Å². The van der Waals surface area contributed by atoms with Gasteiger partial charge in [0.25, 0.3) is 0 Å². The number of carbonyl (C=O) groups is 1. The average Bonchev–Trinajstić information content (AvgIpc) is 3.32. The molecular formula is C29H27F3N4O2. The Morgan fingerprint density at radius 2 is 1.74 bits per heavy atom. The van der Waals surface area contributed by atoms with E-state index in [9.17, 15) is 18.0 Å². The highest BCUT2D eigenvalue weighted by molar-refractivity contribution is 5.70. The Balaban J connectivity index is 1.35. The number of aryl methyl sites for hydroxylation is 1. The van der Waals surface area contributed by atoms with Crippen LogP contribution in [0.4, 0.5) is 23.9 Å². The Labute approximate surface area is 218 Å². The van der Waals surface area contributed by atoms with Crippen molar-refractivity contribution >= 4 is 12.0 Å². The highest BCUT2D eigenvalue weighted by atomic mass is 19.1. The SMILES string of the molecule is CC(c1ccc(-c2ccc(F)cc2F)cc1)N1CCC(CCn2ccnc2N)(c2ccc(F)cc2)OC1=O. The van der Waals surface area contributed by atoms with Crippen molar-refractivity contribution in [1.82, 2.24) is 14.5 Å². The van der Waals surface area contributed by atoms with E-state index in [0.29, 0.717) is 48.6 Å². The quantitative estimate of drug-likeness (QED) is 0.304. The van der Waals surface area contributed by atoms with Gasteiger partial charge in [0, 0.05) is 50.0 Å². The van der Waals surface area contributed by atoms with Crippen molar-refractivity contribution in [3.63, 3.8) is 0 Å². The number of halogens is 3. The minimum absolute atomic E-state index is 0.297. The lowest BCUT2D eigenvalue weighted by atomic mass is 9.85. The third-order valence-electron chi connectivity index (χ3n) is 7.25. The summed E-state index contributed by atoms with van der Waals surface area (Å²) in [4.78, 5) is 19.0. The number of rotatable bonds is 7. The molecule has 38 heavy (non-hydrogen) atoms. The second kappa shape index (κ2) is 10.2. The van der Waals surface area contributed by atoms with Crippen LogP contribution in [0.1, 0.15) is 36.9 Å². The van der Waals surface area contributed by atoms with Gasteiger partial charge in [0.05, 0.1) is 6.04 Å². The van der Waals surface area contributed by atoms with Crippen molar-refractivity contribution in [2.75, 3.05) is 12.3 Å². The summed E-state index contributed by atoms with van der Waals surface area (Å²) in [6.45, 7) is 2.77. The molecule has 1 saturated heterocycles. The maximum Gasteiger partial charge on any atom is 0.411 e. The minimum Gasteiger partial charge on any atom is -0.438 e. The van der Waals surface area contributed by atoms with Gasteiger partial charge in [0.1, 0.15) is 23.1 Å². The summed E-state index contributed by atoms with van der Waals surface area (Å²) in [5.41, 5.74) is 7.42. The molecule has 0 aliphatic carbocycles.